The zero-order valence-electron chi connectivity index (χ0n) is 25.1. The molecule has 3 rings (SSSR count). The highest BCUT2D eigenvalue weighted by Gasteiger charge is 2.19. The van der Waals surface area contributed by atoms with Crippen LogP contribution >= 0.6 is 0 Å². The van der Waals surface area contributed by atoms with Gasteiger partial charge in [-0.3, -0.25) is 14.4 Å². The molecule has 230 valence electrons. The van der Waals surface area contributed by atoms with E-state index in [2.05, 4.69) is 5.32 Å². The van der Waals surface area contributed by atoms with Gasteiger partial charge >= 0.3 is 0 Å². The van der Waals surface area contributed by atoms with E-state index in [1.54, 1.807) is 67.5 Å². The summed E-state index contributed by atoms with van der Waals surface area (Å²) in [7, 11) is 4.75. The summed E-state index contributed by atoms with van der Waals surface area (Å²) in [6.07, 6.45) is 0.517. The summed E-state index contributed by atoms with van der Waals surface area (Å²) < 4.78 is 15.6. The average Bonchev–Trinajstić information content (AvgIpc) is 3.03. The molecule has 0 aliphatic rings. The van der Waals surface area contributed by atoms with Crippen molar-refractivity contribution in [3.05, 3.63) is 89.5 Å². The number of nitrogens with one attached hydrogen (secondary N) is 1. The summed E-state index contributed by atoms with van der Waals surface area (Å²) in [5.41, 5.74) is 2.49. The largest absolute Gasteiger partial charge is 0.497 e. The molecule has 2 N–H and O–H groups in total. The zero-order chi connectivity index (χ0) is 31.0. The van der Waals surface area contributed by atoms with Crippen LogP contribution in [0.4, 0.5) is 0 Å². The minimum Gasteiger partial charge on any atom is -0.497 e. The maximum atomic E-state index is 13.4. The highest BCUT2D eigenvalue weighted by Crippen LogP contribution is 2.15. The van der Waals surface area contributed by atoms with E-state index in [1.165, 1.54) is 0 Å². The molecule has 0 unspecified atom stereocenters. The van der Waals surface area contributed by atoms with Gasteiger partial charge in [0.2, 0.25) is 17.7 Å². The van der Waals surface area contributed by atoms with Crippen LogP contribution in [0, 0.1) is 0 Å². The molecule has 0 bridgehead atoms. The molecule has 43 heavy (non-hydrogen) atoms. The second-order valence-electron chi connectivity index (χ2n) is 9.91. The lowest BCUT2D eigenvalue weighted by atomic mass is 10.1. The normalized spacial score (nSPS) is 10.5. The van der Waals surface area contributed by atoms with Gasteiger partial charge in [-0.05, 0) is 53.1 Å². The van der Waals surface area contributed by atoms with Crippen molar-refractivity contribution in [3.8, 4) is 17.2 Å². The van der Waals surface area contributed by atoms with E-state index < -0.39 is 0 Å². The number of methoxy groups -OCH3 is 3. The number of rotatable bonds is 17. The molecule has 0 atom stereocenters. The maximum Gasteiger partial charge on any atom is 0.227 e. The van der Waals surface area contributed by atoms with Gasteiger partial charge in [0.25, 0.3) is 0 Å². The number of carbonyl (C=O) groups excluding carboxylic acids is 3. The standard InChI is InChI=1S/C33H41N3O7/c1-41-28-10-4-25(5-11-28)22-31(38)34-16-17-35(32(39)23-26-6-12-29(42-2)13-7-26)18-19-36(20-21-37)33(40)24-27-8-14-30(43-3)15-9-27/h4-15,37H,16-24H2,1-3H3,(H,34,38). The summed E-state index contributed by atoms with van der Waals surface area (Å²) in [5, 5.41) is 12.5. The number of benzene rings is 3. The molecule has 10 heteroatoms. The van der Waals surface area contributed by atoms with Crippen LogP contribution in [0.1, 0.15) is 16.7 Å². The summed E-state index contributed by atoms with van der Waals surface area (Å²) in [4.78, 5) is 42.3. The number of ether oxygens (including phenoxy) is 3. The Bertz CT molecular complexity index is 1300. The highest BCUT2D eigenvalue weighted by molar-refractivity contribution is 5.81. The van der Waals surface area contributed by atoms with Gasteiger partial charge in [-0.25, -0.2) is 0 Å². The summed E-state index contributed by atoms with van der Waals surface area (Å²) in [6.45, 7) is 0.956. The van der Waals surface area contributed by atoms with Gasteiger partial charge in [0.1, 0.15) is 17.2 Å². The van der Waals surface area contributed by atoms with Crippen molar-refractivity contribution < 1.29 is 33.7 Å². The summed E-state index contributed by atoms with van der Waals surface area (Å²) in [6, 6.07) is 21.8. The van der Waals surface area contributed by atoms with Crippen LogP contribution in [0.5, 0.6) is 17.2 Å². The van der Waals surface area contributed by atoms with Gasteiger partial charge in [-0.15, -0.1) is 0 Å². The number of aliphatic hydroxyl groups is 1. The first-order valence-corrected chi connectivity index (χ1v) is 14.2. The minimum absolute atomic E-state index is 0.138. The molecular formula is C33H41N3O7. The van der Waals surface area contributed by atoms with Gasteiger partial charge in [0.05, 0.1) is 47.2 Å². The lowest BCUT2D eigenvalue weighted by molar-refractivity contribution is -0.134. The number of nitrogens with zero attached hydrogens (tertiary/aromatic N) is 2. The lowest BCUT2D eigenvalue weighted by Gasteiger charge is -2.28. The monoisotopic (exact) mass is 591 g/mol. The topological polar surface area (TPSA) is 118 Å². The molecule has 0 heterocycles. The Balaban J connectivity index is 1.63. The van der Waals surface area contributed by atoms with Crippen LogP contribution < -0.4 is 19.5 Å². The molecule has 0 radical (unpaired) electrons. The van der Waals surface area contributed by atoms with Gasteiger partial charge in [-0.1, -0.05) is 36.4 Å². The first-order chi connectivity index (χ1) is 20.8. The first kappa shape index (κ1) is 32.9. The van der Waals surface area contributed by atoms with Crippen molar-refractivity contribution in [1.29, 1.82) is 0 Å². The van der Waals surface area contributed by atoms with Crippen LogP contribution in [0.2, 0.25) is 0 Å². The Hall–Kier alpha value is -4.57. The molecule has 0 spiro atoms. The van der Waals surface area contributed by atoms with E-state index in [0.29, 0.717) is 17.2 Å². The molecule has 10 nitrogen and oxygen atoms in total. The lowest BCUT2D eigenvalue weighted by Crippen LogP contribution is -2.45. The molecule has 0 saturated heterocycles. The Kier molecular flexibility index (Phi) is 13.3. The number of carbonyl (C=O) groups is 3. The quantitative estimate of drug-likeness (QED) is 0.248. The molecule has 0 aliphatic carbocycles. The zero-order valence-corrected chi connectivity index (χ0v) is 25.1. The van der Waals surface area contributed by atoms with Crippen molar-refractivity contribution in [1.82, 2.24) is 15.1 Å². The fourth-order valence-electron chi connectivity index (χ4n) is 4.47. The van der Waals surface area contributed by atoms with Crippen molar-refractivity contribution in [2.45, 2.75) is 19.3 Å². The fraction of sp³-hybridized carbons (Fsp3) is 0.364. The molecule has 0 saturated carbocycles. The second-order valence-corrected chi connectivity index (χ2v) is 9.91. The van der Waals surface area contributed by atoms with Crippen molar-refractivity contribution in [3.63, 3.8) is 0 Å². The third-order valence-corrected chi connectivity index (χ3v) is 6.97. The van der Waals surface area contributed by atoms with Gasteiger partial charge in [0.15, 0.2) is 0 Å². The van der Waals surface area contributed by atoms with E-state index in [-0.39, 0.29) is 76.3 Å². The van der Waals surface area contributed by atoms with Crippen LogP contribution in [0.3, 0.4) is 0 Å². The molecule has 0 fully saturated rings. The Labute approximate surface area is 253 Å². The Morgan fingerprint density at radius 3 is 1.33 bits per heavy atom. The van der Waals surface area contributed by atoms with Gasteiger partial charge < -0.3 is 34.4 Å². The number of amides is 3. The second kappa shape index (κ2) is 17.4. The van der Waals surface area contributed by atoms with E-state index in [4.69, 9.17) is 14.2 Å². The predicted molar refractivity (Wildman–Crippen MR) is 163 cm³/mol. The van der Waals surface area contributed by atoms with Crippen LogP contribution in [0.15, 0.2) is 72.8 Å². The summed E-state index contributed by atoms with van der Waals surface area (Å²) >= 11 is 0. The van der Waals surface area contributed by atoms with Crippen molar-refractivity contribution >= 4 is 17.7 Å². The van der Waals surface area contributed by atoms with E-state index in [9.17, 15) is 19.5 Å². The SMILES string of the molecule is COc1ccc(CC(=O)NCCN(CCN(CCO)C(=O)Cc2ccc(OC)cc2)C(=O)Cc2ccc(OC)cc2)cc1. The van der Waals surface area contributed by atoms with E-state index >= 15 is 0 Å². The van der Waals surface area contributed by atoms with E-state index in [1.807, 2.05) is 36.4 Å². The van der Waals surface area contributed by atoms with Crippen LogP contribution in [-0.2, 0) is 33.6 Å². The van der Waals surface area contributed by atoms with Crippen molar-refractivity contribution in [2.75, 3.05) is 60.7 Å². The molecule has 0 aromatic heterocycles. The molecule has 3 aromatic carbocycles. The average molecular weight is 592 g/mol. The third kappa shape index (κ3) is 11.0. The number of aliphatic hydroxyl groups excluding tert-OH is 1. The number of hydrogen-bond donors (Lipinski definition) is 2. The summed E-state index contributed by atoms with van der Waals surface area (Å²) in [5.74, 6) is 1.65. The molecule has 3 aromatic rings. The Morgan fingerprint density at radius 2 is 0.953 bits per heavy atom. The predicted octanol–water partition coefficient (Wildman–Crippen LogP) is 2.51. The van der Waals surface area contributed by atoms with Crippen molar-refractivity contribution in [2.24, 2.45) is 0 Å². The molecular weight excluding hydrogens is 550 g/mol. The van der Waals surface area contributed by atoms with Gasteiger partial charge in [0, 0.05) is 32.7 Å². The molecule has 0 aliphatic heterocycles. The minimum atomic E-state index is -0.199. The number of hydrogen-bond acceptors (Lipinski definition) is 7. The Morgan fingerprint density at radius 1 is 0.581 bits per heavy atom. The van der Waals surface area contributed by atoms with Crippen LogP contribution in [-0.4, -0.2) is 93.3 Å². The fourth-order valence-corrected chi connectivity index (χ4v) is 4.47. The van der Waals surface area contributed by atoms with Gasteiger partial charge in [-0.2, -0.15) is 0 Å². The maximum absolute atomic E-state index is 13.4. The van der Waals surface area contributed by atoms with Crippen LogP contribution in [0.25, 0.3) is 0 Å². The molecule has 3 amide bonds. The first-order valence-electron chi connectivity index (χ1n) is 14.2. The van der Waals surface area contributed by atoms with E-state index in [0.717, 1.165) is 16.7 Å². The smallest absolute Gasteiger partial charge is 0.227 e. The highest BCUT2D eigenvalue weighted by atomic mass is 16.5. The third-order valence-electron chi connectivity index (χ3n) is 6.97.